The van der Waals surface area contributed by atoms with E-state index < -0.39 is 29.8 Å². The summed E-state index contributed by atoms with van der Waals surface area (Å²) in [7, 11) is 0. The van der Waals surface area contributed by atoms with E-state index >= 15 is 0 Å². The van der Waals surface area contributed by atoms with Crippen molar-refractivity contribution in [3.05, 3.63) is 35.4 Å². The average Bonchev–Trinajstić information content (AvgIpc) is 2.63. The predicted octanol–water partition coefficient (Wildman–Crippen LogP) is -0.434. The molecule has 1 aromatic carbocycles. The summed E-state index contributed by atoms with van der Waals surface area (Å²) >= 11 is 0. The highest BCUT2D eigenvalue weighted by atomic mass is 16.2. The largest absolute Gasteiger partial charge is 0.384 e. The van der Waals surface area contributed by atoms with Gasteiger partial charge in [-0.1, -0.05) is 44.5 Å². The van der Waals surface area contributed by atoms with Gasteiger partial charge in [0.2, 0.25) is 17.7 Å². The molecule has 150 valence electrons. The number of rotatable bonds is 10. The molecule has 0 aliphatic rings. The second-order valence-electron chi connectivity index (χ2n) is 6.47. The highest BCUT2D eigenvalue weighted by molar-refractivity contribution is 5.95. The minimum absolute atomic E-state index is 0. The number of nitrogens with two attached hydrogens (primary N) is 3. The molecule has 27 heavy (non-hydrogen) atoms. The van der Waals surface area contributed by atoms with Gasteiger partial charge < -0.3 is 27.8 Å². The molecule has 0 fully saturated rings. The Kier molecular flexibility index (Phi) is 8.40. The Labute approximate surface area is 160 Å². The van der Waals surface area contributed by atoms with Crippen molar-refractivity contribution in [1.29, 1.82) is 5.41 Å². The van der Waals surface area contributed by atoms with E-state index in [1.54, 1.807) is 24.3 Å². The molecule has 1 unspecified atom stereocenters. The summed E-state index contributed by atoms with van der Waals surface area (Å²) in [6.07, 6.45) is 0.381. The predicted molar refractivity (Wildman–Crippen MR) is 105 cm³/mol. The van der Waals surface area contributed by atoms with Crippen molar-refractivity contribution in [2.75, 3.05) is 0 Å². The van der Waals surface area contributed by atoms with E-state index in [1.165, 1.54) is 0 Å². The minimum Gasteiger partial charge on any atom is -0.384 e. The number of benzene rings is 1. The van der Waals surface area contributed by atoms with Crippen molar-refractivity contribution in [2.24, 2.45) is 23.1 Å². The lowest BCUT2D eigenvalue weighted by atomic mass is 9.99. The standard InChI is InChI=1S/C18H28N6O3.H2/c1-3-10(2)15(20)18(27)24-13(8-14(19)25)17(26)23-9-11-4-6-12(7-5-11)16(21)22;/h4-7,10,13,15H,3,8-9,20H2,1-2H3,(H2,19,25)(H3,21,22)(H,23,26)(H,24,27);1H/t10?,13-,15+;/m0./s1. The number of carbonyl (C=O) groups excluding carboxylic acids is 3. The first-order chi connectivity index (χ1) is 12.6. The highest BCUT2D eigenvalue weighted by Crippen LogP contribution is 2.07. The molecular weight excluding hydrogens is 348 g/mol. The number of nitrogen functional groups attached to an aromatic ring is 1. The van der Waals surface area contributed by atoms with Crippen LogP contribution in [0.3, 0.4) is 0 Å². The summed E-state index contributed by atoms with van der Waals surface area (Å²) in [5, 5.41) is 12.5. The van der Waals surface area contributed by atoms with Crippen molar-refractivity contribution < 1.29 is 15.8 Å². The number of nitrogens with one attached hydrogen (secondary N) is 3. The summed E-state index contributed by atoms with van der Waals surface area (Å²) in [6.45, 7) is 3.92. The molecule has 0 heterocycles. The molecule has 1 rings (SSSR count). The molecular formula is C18H30N6O3. The normalized spacial score (nSPS) is 13.9. The molecule has 0 bridgehead atoms. The molecule has 3 atom stereocenters. The maximum atomic E-state index is 12.4. The Morgan fingerprint density at radius 2 is 1.74 bits per heavy atom. The van der Waals surface area contributed by atoms with Crippen LogP contribution < -0.4 is 27.8 Å². The Hall–Kier alpha value is -2.94. The van der Waals surface area contributed by atoms with Crippen LogP contribution in [0.15, 0.2) is 24.3 Å². The zero-order valence-electron chi connectivity index (χ0n) is 15.6. The van der Waals surface area contributed by atoms with Crippen molar-refractivity contribution in [3.8, 4) is 0 Å². The quantitative estimate of drug-likeness (QED) is 0.238. The SMILES string of the molecule is CCC(C)[C@@H](N)C(=O)N[C@@H](CC(N)=O)C(=O)NCc1ccc(C(=N)N)cc1.[HH]. The number of carbonyl (C=O) groups is 3. The summed E-state index contributed by atoms with van der Waals surface area (Å²) in [5.41, 5.74) is 17.8. The maximum absolute atomic E-state index is 12.4. The first kappa shape index (κ1) is 22.1. The lowest BCUT2D eigenvalue weighted by Gasteiger charge is -2.22. The van der Waals surface area contributed by atoms with E-state index in [2.05, 4.69) is 10.6 Å². The van der Waals surface area contributed by atoms with Crippen LogP contribution in [0.25, 0.3) is 0 Å². The first-order valence-corrected chi connectivity index (χ1v) is 8.71. The highest BCUT2D eigenvalue weighted by Gasteiger charge is 2.27. The van der Waals surface area contributed by atoms with Gasteiger partial charge in [-0.3, -0.25) is 19.8 Å². The van der Waals surface area contributed by atoms with Gasteiger partial charge in [-0.05, 0) is 11.5 Å². The molecule has 3 amide bonds. The van der Waals surface area contributed by atoms with Crippen LogP contribution in [0.2, 0.25) is 0 Å². The fraction of sp³-hybridized carbons (Fsp3) is 0.444. The Morgan fingerprint density at radius 3 is 2.22 bits per heavy atom. The van der Waals surface area contributed by atoms with Crippen LogP contribution in [0.4, 0.5) is 0 Å². The molecule has 1 aromatic rings. The molecule has 9 nitrogen and oxygen atoms in total. The van der Waals surface area contributed by atoms with E-state index in [1.807, 2.05) is 13.8 Å². The van der Waals surface area contributed by atoms with Gasteiger partial charge in [0.15, 0.2) is 0 Å². The molecule has 0 saturated carbocycles. The number of primary amides is 1. The molecule has 0 spiro atoms. The van der Waals surface area contributed by atoms with Crippen LogP contribution in [-0.2, 0) is 20.9 Å². The third-order valence-electron chi connectivity index (χ3n) is 4.33. The Balaban J connectivity index is 0.00000729. The van der Waals surface area contributed by atoms with E-state index in [4.69, 9.17) is 22.6 Å². The molecule has 0 saturated heterocycles. The van der Waals surface area contributed by atoms with Gasteiger partial charge in [0, 0.05) is 13.5 Å². The fourth-order valence-corrected chi connectivity index (χ4v) is 2.31. The van der Waals surface area contributed by atoms with Crippen LogP contribution in [0, 0.1) is 11.3 Å². The summed E-state index contributed by atoms with van der Waals surface area (Å²) in [5.74, 6) is -1.86. The smallest absolute Gasteiger partial charge is 0.243 e. The van der Waals surface area contributed by atoms with Crippen LogP contribution in [0.5, 0.6) is 0 Å². The van der Waals surface area contributed by atoms with E-state index in [9.17, 15) is 14.4 Å². The van der Waals surface area contributed by atoms with Gasteiger partial charge in [0.05, 0.1) is 12.5 Å². The third kappa shape index (κ3) is 7.06. The summed E-state index contributed by atoms with van der Waals surface area (Å²) in [6, 6.07) is 4.89. The molecule has 0 aliphatic carbocycles. The van der Waals surface area contributed by atoms with Gasteiger partial charge in [-0.15, -0.1) is 0 Å². The number of amides is 3. The summed E-state index contributed by atoms with van der Waals surface area (Å²) < 4.78 is 0. The third-order valence-corrected chi connectivity index (χ3v) is 4.33. The van der Waals surface area contributed by atoms with Crippen LogP contribution >= 0.6 is 0 Å². The molecule has 0 aliphatic heterocycles. The number of amidine groups is 1. The zero-order chi connectivity index (χ0) is 20.6. The number of hydrogen-bond donors (Lipinski definition) is 6. The van der Waals surface area contributed by atoms with E-state index in [0.29, 0.717) is 12.0 Å². The molecule has 0 aromatic heterocycles. The van der Waals surface area contributed by atoms with Gasteiger partial charge in [0.25, 0.3) is 0 Å². The second-order valence-corrected chi connectivity index (χ2v) is 6.47. The zero-order valence-corrected chi connectivity index (χ0v) is 15.6. The van der Waals surface area contributed by atoms with E-state index in [0.717, 1.165) is 5.56 Å². The molecule has 9 heteroatoms. The van der Waals surface area contributed by atoms with Crippen LogP contribution in [0.1, 0.15) is 39.2 Å². The van der Waals surface area contributed by atoms with Gasteiger partial charge >= 0.3 is 0 Å². The van der Waals surface area contributed by atoms with Gasteiger partial charge in [-0.25, -0.2) is 0 Å². The number of hydrogen-bond acceptors (Lipinski definition) is 5. The van der Waals surface area contributed by atoms with Crippen molar-refractivity contribution >= 4 is 23.6 Å². The molecule has 0 radical (unpaired) electrons. The minimum atomic E-state index is -1.10. The van der Waals surface area contributed by atoms with Gasteiger partial charge in [-0.2, -0.15) is 0 Å². The van der Waals surface area contributed by atoms with Crippen molar-refractivity contribution in [2.45, 2.75) is 45.3 Å². The Bertz CT molecular complexity index is 695. The van der Waals surface area contributed by atoms with Crippen molar-refractivity contribution in [1.82, 2.24) is 10.6 Å². The summed E-state index contributed by atoms with van der Waals surface area (Å²) in [4.78, 5) is 35.9. The fourth-order valence-electron chi connectivity index (χ4n) is 2.31. The average molecular weight is 378 g/mol. The molecule has 9 N–H and O–H groups in total. The monoisotopic (exact) mass is 378 g/mol. The van der Waals surface area contributed by atoms with Gasteiger partial charge in [0.1, 0.15) is 11.9 Å². The van der Waals surface area contributed by atoms with E-state index in [-0.39, 0.29) is 26.1 Å². The van der Waals surface area contributed by atoms with Crippen LogP contribution in [-0.4, -0.2) is 35.6 Å². The lowest BCUT2D eigenvalue weighted by Crippen LogP contribution is -2.54. The Morgan fingerprint density at radius 1 is 1.15 bits per heavy atom. The topological polar surface area (TPSA) is 177 Å². The second kappa shape index (κ2) is 10.3. The first-order valence-electron chi connectivity index (χ1n) is 8.71. The lowest BCUT2D eigenvalue weighted by molar-refractivity contribution is -0.132. The maximum Gasteiger partial charge on any atom is 0.243 e. The van der Waals surface area contributed by atoms with Crippen molar-refractivity contribution in [3.63, 3.8) is 0 Å².